The molecule has 0 aromatic heterocycles. The summed E-state index contributed by atoms with van der Waals surface area (Å²) in [7, 11) is 1.61. The van der Waals surface area contributed by atoms with Crippen molar-refractivity contribution < 1.29 is 4.74 Å². The highest BCUT2D eigenvalue weighted by Gasteiger charge is 2.20. The van der Waals surface area contributed by atoms with Crippen LogP contribution in [0, 0.1) is 11.3 Å². The van der Waals surface area contributed by atoms with Crippen molar-refractivity contribution in [3.63, 3.8) is 0 Å². The fourth-order valence-electron chi connectivity index (χ4n) is 1.24. The van der Waals surface area contributed by atoms with E-state index < -0.39 is 5.54 Å². The lowest BCUT2D eigenvalue weighted by Gasteiger charge is -2.22. The number of nitrogens with two attached hydrogens (primary N) is 1. The van der Waals surface area contributed by atoms with Crippen LogP contribution in [0.1, 0.15) is 18.9 Å². The van der Waals surface area contributed by atoms with Crippen molar-refractivity contribution in [1.29, 1.82) is 5.26 Å². The van der Waals surface area contributed by atoms with E-state index in [1.54, 1.807) is 7.11 Å². The minimum absolute atomic E-state index is 0.292. The highest BCUT2D eigenvalue weighted by Crippen LogP contribution is 2.24. The lowest BCUT2D eigenvalue weighted by molar-refractivity contribution is 0.411. The van der Waals surface area contributed by atoms with Gasteiger partial charge in [0.05, 0.1) is 25.1 Å². The smallest absolute Gasteiger partial charge is 0.119 e. The third kappa shape index (κ3) is 2.24. The summed E-state index contributed by atoms with van der Waals surface area (Å²) in [5.74, 6) is 0.761. The van der Waals surface area contributed by atoms with Gasteiger partial charge in [0.15, 0.2) is 0 Å². The Morgan fingerprint density at radius 1 is 1.57 bits per heavy atom. The number of nitrogens with zero attached hydrogens (tertiary/aromatic N) is 1. The maximum Gasteiger partial charge on any atom is 0.119 e. The van der Waals surface area contributed by atoms with Crippen molar-refractivity contribution in [3.05, 3.63) is 29.8 Å². The van der Waals surface area contributed by atoms with E-state index in [0.29, 0.717) is 6.42 Å². The number of ether oxygens (including phenoxy) is 1. The van der Waals surface area contributed by atoms with Crippen LogP contribution in [0.4, 0.5) is 0 Å². The molecule has 14 heavy (non-hydrogen) atoms. The maximum absolute atomic E-state index is 8.63. The van der Waals surface area contributed by atoms with Gasteiger partial charge in [0.1, 0.15) is 5.75 Å². The molecule has 1 aromatic rings. The Kier molecular flexibility index (Phi) is 3.10. The first-order chi connectivity index (χ1) is 6.60. The topological polar surface area (TPSA) is 59.0 Å². The lowest BCUT2D eigenvalue weighted by atomic mass is 9.90. The molecule has 1 aromatic carbocycles. The number of benzene rings is 1. The number of hydrogen-bond donors (Lipinski definition) is 1. The van der Waals surface area contributed by atoms with Gasteiger partial charge < -0.3 is 10.5 Å². The first-order valence-electron chi connectivity index (χ1n) is 4.40. The largest absolute Gasteiger partial charge is 0.497 e. The Bertz CT molecular complexity index is 353. The molecule has 0 aliphatic carbocycles. The van der Waals surface area contributed by atoms with Crippen LogP contribution in [-0.2, 0) is 5.54 Å². The van der Waals surface area contributed by atoms with Crippen LogP contribution < -0.4 is 10.5 Å². The van der Waals surface area contributed by atoms with E-state index in [4.69, 9.17) is 15.7 Å². The molecule has 0 spiro atoms. The molecule has 0 saturated heterocycles. The predicted molar refractivity (Wildman–Crippen MR) is 54.8 cm³/mol. The standard InChI is InChI=1S/C11H14N2O/c1-11(13,6-7-12)9-4-3-5-10(8-9)14-2/h3-5,8H,6,13H2,1-2H3. The van der Waals surface area contributed by atoms with Gasteiger partial charge in [-0.15, -0.1) is 0 Å². The Balaban J connectivity index is 3.01. The van der Waals surface area contributed by atoms with Crippen LogP contribution in [0.5, 0.6) is 5.75 Å². The van der Waals surface area contributed by atoms with E-state index in [1.807, 2.05) is 31.2 Å². The van der Waals surface area contributed by atoms with Gasteiger partial charge in [-0.05, 0) is 24.6 Å². The average Bonchev–Trinajstić information content (AvgIpc) is 2.18. The van der Waals surface area contributed by atoms with Crippen LogP contribution in [0.15, 0.2) is 24.3 Å². The van der Waals surface area contributed by atoms with Crippen LogP contribution in [0.25, 0.3) is 0 Å². The van der Waals surface area contributed by atoms with Gasteiger partial charge in [-0.2, -0.15) is 5.26 Å². The second-order valence-electron chi connectivity index (χ2n) is 3.48. The zero-order chi connectivity index (χ0) is 10.6. The number of methoxy groups -OCH3 is 1. The van der Waals surface area contributed by atoms with Gasteiger partial charge >= 0.3 is 0 Å². The first-order valence-corrected chi connectivity index (χ1v) is 4.40. The van der Waals surface area contributed by atoms with Crippen LogP contribution in [-0.4, -0.2) is 7.11 Å². The summed E-state index contributed by atoms with van der Waals surface area (Å²) in [5.41, 5.74) is 6.30. The van der Waals surface area contributed by atoms with Crippen LogP contribution in [0.3, 0.4) is 0 Å². The number of rotatable bonds is 3. The molecule has 74 valence electrons. The molecule has 0 radical (unpaired) electrons. The molecule has 1 atom stereocenters. The molecule has 0 fully saturated rings. The van der Waals surface area contributed by atoms with E-state index in [2.05, 4.69) is 6.07 Å². The van der Waals surface area contributed by atoms with E-state index in [-0.39, 0.29) is 0 Å². The van der Waals surface area contributed by atoms with Gasteiger partial charge in [0, 0.05) is 0 Å². The fourth-order valence-corrected chi connectivity index (χ4v) is 1.24. The second kappa shape index (κ2) is 4.12. The highest BCUT2D eigenvalue weighted by atomic mass is 16.5. The monoisotopic (exact) mass is 190 g/mol. The SMILES string of the molecule is COc1cccc(C(C)(N)CC#N)c1. The van der Waals surface area contributed by atoms with Gasteiger partial charge in [-0.25, -0.2) is 0 Å². The number of hydrogen-bond acceptors (Lipinski definition) is 3. The molecule has 2 N–H and O–H groups in total. The van der Waals surface area contributed by atoms with E-state index in [9.17, 15) is 0 Å². The van der Waals surface area contributed by atoms with E-state index in [0.717, 1.165) is 11.3 Å². The van der Waals surface area contributed by atoms with Crippen molar-refractivity contribution in [3.8, 4) is 11.8 Å². The van der Waals surface area contributed by atoms with E-state index >= 15 is 0 Å². The minimum Gasteiger partial charge on any atom is -0.497 e. The average molecular weight is 190 g/mol. The summed E-state index contributed by atoms with van der Waals surface area (Å²) in [4.78, 5) is 0. The van der Waals surface area contributed by atoms with Crippen molar-refractivity contribution in [2.24, 2.45) is 5.73 Å². The quantitative estimate of drug-likeness (QED) is 0.790. The van der Waals surface area contributed by atoms with Crippen molar-refractivity contribution in [1.82, 2.24) is 0 Å². The minimum atomic E-state index is -0.608. The zero-order valence-corrected chi connectivity index (χ0v) is 8.45. The molecule has 0 aliphatic heterocycles. The third-order valence-corrected chi connectivity index (χ3v) is 2.18. The summed E-state index contributed by atoms with van der Waals surface area (Å²) in [6.45, 7) is 1.84. The van der Waals surface area contributed by atoms with E-state index in [1.165, 1.54) is 0 Å². The maximum atomic E-state index is 8.63. The molecule has 0 saturated carbocycles. The van der Waals surface area contributed by atoms with Crippen LogP contribution in [0.2, 0.25) is 0 Å². The van der Waals surface area contributed by atoms with Gasteiger partial charge in [0.2, 0.25) is 0 Å². The Hall–Kier alpha value is -1.53. The van der Waals surface area contributed by atoms with Crippen molar-refractivity contribution >= 4 is 0 Å². The second-order valence-corrected chi connectivity index (χ2v) is 3.48. The highest BCUT2D eigenvalue weighted by molar-refractivity contribution is 5.33. The molecule has 0 aliphatic rings. The molecule has 1 rings (SSSR count). The van der Waals surface area contributed by atoms with Crippen molar-refractivity contribution in [2.45, 2.75) is 18.9 Å². The van der Waals surface area contributed by atoms with Gasteiger partial charge in [0.25, 0.3) is 0 Å². The Morgan fingerprint density at radius 3 is 2.86 bits per heavy atom. The first kappa shape index (κ1) is 10.6. The summed E-state index contributed by atoms with van der Waals surface area (Å²) in [6, 6.07) is 9.56. The molecule has 3 nitrogen and oxygen atoms in total. The summed E-state index contributed by atoms with van der Waals surface area (Å²) >= 11 is 0. The molecule has 0 bridgehead atoms. The third-order valence-electron chi connectivity index (χ3n) is 2.18. The number of nitriles is 1. The van der Waals surface area contributed by atoms with Crippen LogP contribution >= 0.6 is 0 Å². The molecule has 1 unspecified atom stereocenters. The van der Waals surface area contributed by atoms with Crippen molar-refractivity contribution in [2.75, 3.05) is 7.11 Å². The molecular formula is C11H14N2O. The van der Waals surface area contributed by atoms with Gasteiger partial charge in [-0.3, -0.25) is 0 Å². The summed E-state index contributed by atoms with van der Waals surface area (Å²) in [6.07, 6.45) is 0.292. The molecule has 3 heteroatoms. The fraction of sp³-hybridized carbons (Fsp3) is 0.364. The summed E-state index contributed by atoms with van der Waals surface area (Å²) in [5, 5.41) is 8.63. The molecule has 0 heterocycles. The molecule has 0 amide bonds. The Morgan fingerprint density at radius 2 is 2.29 bits per heavy atom. The van der Waals surface area contributed by atoms with Gasteiger partial charge in [-0.1, -0.05) is 12.1 Å². The lowest BCUT2D eigenvalue weighted by Crippen LogP contribution is -2.32. The normalized spacial score (nSPS) is 14.1. The predicted octanol–water partition coefficient (Wildman–Crippen LogP) is 1.78. The molecular weight excluding hydrogens is 176 g/mol. The summed E-state index contributed by atoms with van der Waals surface area (Å²) < 4.78 is 5.09. The Labute approximate surface area is 84.1 Å². The zero-order valence-electron chi connectivity index (χ0n) is 8.45.